The Morgan fingerprint density at radius 2 is 0.929 bits per heavy atom. The van der Waals surface area contributed by atoms with E-state index in [1.54, 1.807) is 0 Å². The van der Waals surface area contributed by atoms with Crippen molar-refractivity contribution in [3.8, 4) is 22.6 Å². The van der Waals surface area contributed by atoms with Crippen LogP contribution in [0.15, 0.2) is 107 Å². The quantitative estimate of drug-likeness (QED) is 0.0723. The standard InChI is InChI=1S/C34H32N2O6/c1-13-31(41-23-37-19-33-21-39-33)14-2-25(1)17-35-29-9-5-27(6-10-29)28-7-11-30(12-8-28)36-18-26-3-15-32(16-4-26)42-24-38-20-34-22-40-34/h1-18,33-34H,19-24H2. The summed E-state index contributed by atoms with van der Waals surface area (Å²) in [6.45, 7) is 3.14. The van der Waals surface area contributed by atoms with Gasteiger partial charge in [-0.25, -0.2) is 0 Å². The lowest BCUT2D eigenvalue weighted by Crippen LogP contribution is -2.07. The minimum absolute atomic E-state index is 0.217. The minimum Gasteiger partial charge on any atom is -0.468 e. The molecule has 0 aliphatic carbocycles. The van der Waals surface area contributed by atoms with Gasteiger partial charge in [0.1, 0.15) is 23.7 Å². The van der Waals surface area contributed by atoms with E-state index in [-0.39, 0.29) is 25.8 Å². The lowest BCUT2D eigenvalue weighted by atomic mass is 10.1. The first kappa shape index (κ1) is 27.8. The second-order valence-electron chi connectivity index (χ2n) is 9.92. The van der Waals surface area contributed by atoms with E-state index in [0.29, 0.717) is 13.2 Å². The normalized spacial score (nSPS) is 17.5. The molecule has 2 saturated heterocycles. The molecule has 8 nitrogen and oxygen atoms in total. The highest BCUT2D eigenvalue weighted by Crippen LogP contribution is 2.25. The van der Waals surface area contributed by atoms with E-state index in [1.165, 1.54) is 0 Å². The summed E-state index contributed by atoms with van der Waals surface area (Å²) < 4.78 is 32.2. The average Bonchev–Trinajstić information content (AvgIpc) is 3.98. The second-order valence-corrected chi connectivity index (χ2v) is 9.92. The monoisotopic (exact) mass is 564 g/mol. The SMILES string of the molecule is C(=Nc1ccc(-c2ccc(N=Cc3ccc(OCOCC4CO4)cc3)cc2)cc1)c1ccc(OCOCC2CO2)cc1. The zero-order chi connectivity index (χ0) is 28.4. The molecule has 2 aliphatic heterocycles. The third-order valence-corrected chi connectivity index (χ3v) is 6.58. The first-order chi connectivity index (χ1) is 20.8. The number of nitrogens with zero attached hydrogens (tertiary/aromatic N) is 2. The van der Waals surface area contributed by atoms with Gasteiger partial charge < -0.3 is 28.4 Å². The van der Waals surface area contributed by atoms with Gasteiger partial charge in [-0.1, -0.05) is 24.3 Å². The van der Waals surface area contributed by atoms with Crippen molar-refractivity contribution >= 4 is 23.8 Å². The third-order valence-electron chi connectivity index (χ3n) is 6.58. The maximum atomic E-state index is 5.58. The molecule has 0 N–H and O–H groups in total. The fraction of sp³-hybridized carbons (Fsp3) is 0.235. The summed E-state index contributed by atoms with van der Waals surface area (Å²) in [6.07, 6.45) is 4.16. The van der Waals surface area contributed by atoms with Gasteiger partial charge in [-0.05, 0) is 95.1 Å². The van der Waals surface area contributed by atoms with E-state index in [2.05, 4.69) is 34.3 Å². The molecule has 6 rings (SSSR count). The molecule has 0 radical (unpaired) electrons. The molecule has 4 aromatic rings. The Kier molecular flexibility index (Phi) is 9.28. The van der Waals surface area contributed by atoms with Crippen LogP contribution in [-0.4, -0.2) is 64.7 Å². The van der Waals surface area contributed by atoms with Crippen LogP contribution in [0.1, 0.15) is 11.1 Å². The van der Waals surface area contributed by atoms with E-state index >= 15 is 0 Å². The van der Waals surface area contributed by atoms with Crippen molar-refractivity contribution in [3.63, 3.8) is 0 Å². The number of aliphatic imine (C=N–C) groups is 2. The molecule has 2 heterocycles. The Labute approximate surface area is 245 Å². The Balaban J connectivity index is 0.957. The van der Waals surface area contributed by atoms with Gasteiger partial charge in [0.2, 0.25) is 0 Å². The molecule has 214 valence electrons. The highest BCUT2D eigenvalue weighted by atomic mass is 16.7. The number of benzene rings is 4. The van der Waals surface area contributed by atoms with E-state index < -0.39 is 0 Å². The van der Waals surface area contributed by atoms with E-state index in [0.717, 1.165) is 58.3 Å². The topological polar surface area (TPSA) is 86.7 Å². The van der Waals surface area contributed by atoms with Crippen molar-refractivity contribution in [2.75, 3.05) is 40.0 Å². The van der Waals surface area contributed by atoms with Crippen LogP contribution in [0, 0.1) is 0 Å². The van der Waals surface area contributed by atoms with E-state index in [9.17, 15) is 0 Å². The van der Waals surface area contributed by atoms with Crippen LogP contribution in [-0.2, 0) is 18.9 Å². The van der Waals surface area contributed by atoms with Crippen LogP contribution in [0.5, 0.6) is 11.5 Å². The Bertz CT molecular complexity index is 1350. The van der Waals surface area contributed by atoms with E-state index in [1.807, 2.05) is 85.2 Å². The van der Waals surface area contributed by atoms with Crippen LogP contribution in [0.25, 0.3) is 11.1 Å². The van der Waals surface area contributed by atoms with Crippen molar-refractivity contribution in [1.29, 1.82) is 0 Å². The highest BCUT2D eigenvalue weighted by molar-refractivity contribution is 5.83. The number of hydrogen-bond acceptors (Lipinski definition) is 8. The largest absolute Gasteiger partial charge is 0.468 e. The van der Waals surface area contributed by atoms with Crippen LogP contribution >= 0.6 is 0 Å². The molecule has 4 aromatic carbocycles. The van der Waals surface area contributed by atoms with Crippen molar-refractivity contribution < 1.29 is 28.4 Å². The van der Waals surface area contributed by atoms with Crippen LogP contribution < -0.4 is 9.47 Å². The first-order valence-electron chi connectivity index (χ1n) is 13.9. The summed E-state index contributed by atoms with van der Waals surface area (Å²) >= 11 is 0. The molecule has 2 fully saturated rings. The van der Waals surface area contributed by atoms with Crippen molar-refractivity contribution in [2.45, 2.75) is 12.2 Å². The maximum Gasteiger partial charge on any atom is 0.189 e. The van der Waals surface area contributed by atoms with Gasteiger partial charge in [-0.2, -0.15) is 0 Å². The Morgan fingerprint density at radius 3 is 1.29 bits per heavy atom. The lowest BCUT2D eigenvalue weighted by molar-refractivity contribution is 0.00809. The van der Waals surface area contributed by atoms with Crippen LogP contribution in [0.4, 0.5) is 11.4 Å². The predicted molar refractivity (Wildman–Crippen MR) is 162 cm³/mol. The maximum absolute atomic E-state index is 5.58. The van der Waals surface area contributed by atoms with Gasteiger partial charge in [0.05, 0.1) is 37.8 Å². The molecule has 0 amide bonds. The molecule has 0 aromatic heterocycles. The van der Waals surface area contributed by atoms with Gasteiger partial charge in [0, 0.05) is 12.4 Å². The molecule has 2 atom stereocenters. The number of ether oxygens (including phenoxy) is 6. The third kappa shape index (κ3) is 8.83. The highest BCUT2D eigenvalue weighted by Gasteiger charge is 2.22. The molecule has 0 bridgehead atoms. The summed E-state index contributed by atoms with van der Waals surface area (Å²) in [7, 11) is 0. The fourth-order valence-corrected chi connectivity index (χ4v) is 3.99. The van der Waals surface area contributed by atoms with Crippen LogP contribution in [0.3, 0.4) is 0 Å². The zero-order valence-corrected chi connectivity index (χ0v) is 23.1. The van der Waals surface area contributed by atoms with Gasteiger partial charge in [-0.3, -0.25) is 9.98 Å². The zero-order valence-electron chi connectivity index (χ0n) is 23.1. The smallest absolute Gasteiger partial charge is 0.189 e. The predicted octanol–water partition coefficient (Wildman–Crippen LogP) is 6.36. The Hall–Kier alpha value is -4.34. The molecule has 0 saturated carbocycles. The number of hydrogen-bond donors (Lipinski definition) is 0. The fourth-order valence-electron chi connectivity index (χ4n) is 3.99. The van der Waals surface area contributed by atoms with Crippen molar-refractivity contribution in [1.82, 2.24) is 0 Å². The summed E-state index contributed by atoms with van der Waals surface area (Å²) in [5.74, 6) is 1.51. The van der Waals surface area contributed by atoms with Gasteiger partial charge >= 0.3 is 0 Å². The molecule has 8 heteroatoms. The summed E-state index contributed by atoms with van der Waals surface area (Å²) in [5, 5.41) is 0. The molecule has 2 aliphatic rings. The molecular weight excluding hydrogens is 532 g/mol. The molecular formula is C34H32N2O6. The molecule has 0 spiro atoms. The average molecular weight is 565 g/mol. The first-order valence-corrected chi connectivity index (χ1v) is 13.9. The van der Waals surface area contributed by atoms with Crippen LogP contribution in [0.2, 0.25) is 0 Å². The Morgan fingerprint density at radius 1 is 0.548 bits per heavy atom. The second kappa shape index (κ2) is 14.0. The van der Waals surface area contributed by atoms with Crippen molar-refractivity contribution in [2.24, 2.45) is 9.98 Å². The number of rotatable bonds is 15. The summed E-state index contributed by atoms with van der Waals surface area (Å²) in [5.41, 5.74) is 5.98. The number of epoxide rings is 2. The lowest BCUT2D eigenvalue weighted by Gasteiger charge is -2.06. The molecule has 42 heavy (non-hydrogen) atoms. The minimum atomic E-state index is 0.217. The molecule has 2 unspecified atom stereocenters. The summed E-state index contributed by atoms with van der Waals surface area (Å²) in [4.78, 5) is 9.20. The van der Waals surface area contributed by atoms with E-state index in [4.69, 9.17) is 28.4 Å². The van der Waals surface area contributed by atoms with Crippen molar-refractivity contribution in [3.05, 3.63) is 108 Å². The van der Waals surface area contributed by atoms with Gasteiger partial charge in [-0.15, -0.1) is 0 Å². The van der Waals surface area contributed by atoms with Gasteiger partial charge in [0.25, 0.3) is 0 Å². The van der Waals surface area contributed by atoms with Gasteiger partial charge in [0.15, 0.2) is 13.6 Å². The summed E-state index contributed by atoms with van der Waals surface area (Å²) in [6, 6.07) is 31.8.